The fourth-order valence-electron chi connectivity index (χ4n) is 2.51. The number of aryl methyl sites for hydroxylation is 2. The first-order chi connectivity index (χ1) is 10.1. The summed E-state index contributed by atoms with van der Waals surface area (Å²) in [4.78, 5) is 0. The minimum atomic E-state index is 0.233. The molecule has 2 rings (SSSR count). The zero-order valence-corrected chi connectivity index (χ0v) is 14.6. The molecule has 1 aromatic heterocycles. The molecule has 1 heterocycles. The molecule has 0 amide bonds. The van der Waals surface area contributed by atoms with Crippen molar-refractivity contribution in [3.63, 3.8) is 0 Å². The Bertz CT molecular complexity index is 610. The SMILES string of the molecule is CCNC(Cc1c(Br)c(C)nn1C)c1cccc(OC)c1. The number of ether oxygens (including phenoxy) is 1. The fraction of sp³-hybridized carbons (Fsp3) is 0.438. The number of rotatable bonds is 6. The second kappa shape index (κ2) is 7.09. The maximum atomic E-state index is 5.33. The molecule has 0 bridgehead atoms. The molecule has 4 nitrogen and oxygen atoms in total. The Morgan fingerprint density at radius 2 is 2.19 bits per heavy atom. The molecule has 1 atom stereocenters. The average Bonchev–Trinajstić information content (AvgIpc) is 2.73. The first kappa shape index (κ1) is 16.0. The number of nitrogens with zero attached hydrogens (tertiary/aromatic N) is 2. The molecule has 0 aliphatic carbocycles. The van der Waals surface area contributed by atoms with E-state index < -0.39 is 0 Å². The maximum absolute atomic E-state index is 5.33. The summed E-state index contributed by atoms with van der Waals surface area (Å²) in [5.41, 5.74) is 3.44. The average molecular weight is 352 g/mol. The molecular formula is C16H22BrN3O. The van der Waals surface area contributed by atoms with Crippen LogP contribution < -0.4 is 10.1 Å². The van der Waals surface area contributed by atoms with E-state index in [1.54, 1.807) is 7.11 Å². The molecule has 5 heteroatoms. The highest BCUT2D eigenvalue weighted by molar-refractivity contribution is 9.10. The van der Waals surface area contributed by atoms with Crippen molar-refractivity contribution >= 4 is 15.9 Å². The van der Waals surface area contributed by atoms with Gasteiger partial charge in [-0.3, -0.25) is 4.68 Å². The predicted molar refractivity (Wildman–Crippen MR) is 88.8 cm³/mol. The summed E-state index contributed by atoms with van der Waals surface area (Å²) in [6.45, 7) is 5.05. The highest BCUT2D eigenvalue weighted by atomic mass is 79.9. The molecule has 1 aromatic carbocycles. The van der Waals surface area contributed by atoms with Crippen LogP contribution in [0.4, 0.5) is 0 Å². The van der Waals surface area contributed by atoms with Crippen LogP contribution in [0, 0.1) is 6.92 Å². The summed E-state index contributed by atoms with van der Waals surface area (Å²) in [6.07, 6.45) is 0.874. The first-order valence-corrected chi connectivity index (χ1v) is 7.91. The van der Waals surface area contributed by atoms with Crippen molar-refractivity contribution in [3.8, 4) is 5.75 Å². The van der Waals surface area contributed by atoms with Crippen LogP contribution in [0.1, 0.15) is 29.9 Å². The van der Waals surface area contributed by atoms with Crippen LogP contribution in [-0.2, 0) is 13.5 Å². The predicted octanol–water partition coefficient (Wildman–Crippen LogP) is 3.39. The van der Waals surface area contributed by atoms with Crippen molar-refractivity contribution in [1.82, 2.24) is 15.1 Å². The Morgan fingerprint density at radius 3 is 2.76 bits per heavy atom. The monoisotopic (exact) mass is 351 g/mol. The zero-order valence-electron chi connectivity index (χ0n) is 13.0. The molecule has 1 N–H and O–H groups in total. The molecule has 0 saturated carbocycles. The lowest BCUT2D eigenvalue weighted by molar-refractivity contribution is 0.412. The fourth-order valence-corrected chi connectivity index (χ4v) is 3.01. The second-order valence-electron chi connectivity index (χ2n) is 5.06. The van der Waals surface area contributed by atoms with Crippen molar-refractivity contribution in [2.75, 3.05) is 13.7 Å². The van der Waals surface area contributed by atoms with Crippen molar-refractivity contribution in [2.24, 2.45) is 7.05 Å². The van der Waals surface area contributed by atoms with E-state index in [9.17, 15) is 0 Å². The Hall–Kier alpha value is -1.33. The number of benzene rings is 1. The number of likely N-dealkylation sites (N-methyl/N-ethyl adjacent to an activating group) is 1. The molecule has 114 valence electrons. The number of nitrogens with one attached hydrogen (secondary N) is 1. The molecular weight excluding hydrogens is 330 g/mol. The van der Waals surface area contributed by atoms with Gasteiger partial charge in [-0.05, 0) is 47.1 Å². The van der Waals surface area contributed by atoms with Gasteiger partial charge < -0.3 is 10.1 Å². The van der Waals surface area contributed by atoms with Crippen LogP contribution in [0.5, 0.6) is 5.75 Å². The van der Waals surface area contributed by atoms with E-state index in [-0.39, 0.29) is 6.04 Å². The van der Waals surface area contributed by atoms with Crippen LogP contribution in [0.3, 0.4) is 0 Å². The third kappa shape index (κ3) is 3.66. The van der Waals surface area contributed by atoms with Gasteiger partial charge in [0.25, 0.3) is 0 Å². The van der Waals surface area contributed by atoms with Crippen molar-refractivity contribution < 1.29 is 4.74 Å². The highest BCUT2D eigenvalue weighted by Crippen LogP contribution is 2.27. The lowest BCUT2D eigenvalue weighted by Crippen LogP contribution is -2.24. The Labute approximate surface area is 134 Å². The van der Waals surface area contributed by atoms with Crippen molar-refractivity contribution in [2.45, 2.75) is 26.3 Å². The molecule has 0 saturated heterocycles. The standard InChI is InChI=1S/C16H22BrN3O/c1-5-18-14(12-7-6-8-13(9-12)21-4)10-15-16(17)11(2)19-20(15)3/h6-9,14,18H,5,10H2,1-4H3. The minimum Gasteiger partial charge on any atom is -0.497 e. The van der Waals surface area contributed by atoms with Gasteiger partial charge in [0.05, 0.1) is 23.0 Å². The molecule has 0 spiro atoms. The molecule has 0 aliphatic rings. The van der Waals surface area contributed by atoms with Gasteiger partial charge in [-0.2, -0.15) is 5.10 Å². The van der Waals surface area contributed by atoms with Crippen LogP contribution in [-0.4, -0.2) is 23.4 Å². The molecule has 2 aromatic rings. The third-order valence-electron chi connectivity index (χ3n) is 3.61. The number of methoxy groups -OCH3 is 1. The summed E-state index contributed by atoms with van der Waals surface area (Å²) in [6, 6.07) is 8.45. The Balaban J connectivity index is 2.30. The summed E-state index contributed by atoms with van der Waals surface area (Å²) in [5.74, 6) is 0.885. The van der Waals surface area contributed by atoms with E-state index >= 15 is 0 Å². The molecule has 0 aliphatic heterocycles. The second-order valence-corrected chi connectivity index (χ2v) is 5.85. The topological polar surface area (TPSA) is 39.1 Å². The van der Waals surface area contributed by atoms with Crippen LogP contribution >= 0.6 is 15.9 Å². The van der Waals surface area contributed by atoms with E-state index in [1.165, 1.54) is 11.3 Å². The van der Waals surface area contributed by atoms with Crippen molar-refractivity contribution in [3.05, 3.63) is 45.7 Å². The number of halogens is 1. The maximum Gasteiger partial charge on any atom is 0.119 e. The Morgan fingerprint density at radius 1 is 1.43 bits per heavy atom. The van der Waals surface area contributed by atoms with Gasteiger partial charge in [-0.25, -0.2) is 0 Å². The van der Waals surface area contributed by atoms with Crippen LogP contribution in [0.2, 0.25) is 0 Å². The van der Waals surface area contributed by atoms with E-state index in [2.05, 4.69) is 45.4 Å². The van der Waals surface area contributed by atoms with Gasteiger partial charge in [0, 0.05) is 19.5 Å². The van der Waals surface area contributed by atoms with E-state index in [0.29, 0.717) is 0 Å². The van der Waals surface area contributed by atoms with Crippen LogP contribution in [0.25, 0.3) is 0 Å². The molecule has 1 unspecified atom stereocenters. The normalized spacial score (nSPS) is 12.4. The van der Waals surface area contributed by atoms with Crippen molar-refractivity contribution in [1.29, 1.82) is 0 Å². The van der Waals surface area contributed by atoms with Gasteiger partial charge in [0.2, 0.25) is 0 Å². The van der Waals surface area contributed by atoms with Gasteiger partial charge in [0.1, 0.15) is 5.75 Å². The largest absolute Gasteiger partial charge is 0.497 e. The van der Waals surface area contributed by atoms with Gasteiger partial charge >= 0.3 is 0 Å². The van der Waals surface area contributed by atoms with E-state index in [0.717, 1.165) is 28.9 Å². The lowest BCUT2D eigenvalue weighted by atomic mass is 10.0. The molecule has 21 heavy (non-hydrogen) atoms. The number of aromatic nitrogens is 2. The Kier molecular flexibility index (Phi) is 5.42. The van der Waals surface area contributed by atoms with Crippen LogP contribution in [0.15, 0.2) is 28.7 Å². The minimum absolute atomic E-state index is 0.233. The summed E-state index contributed by atoms with van der Waals surface area (Å²) in [5, 5.41) is 8.01. The van der Waals surface area contributed by atoms with E-state index in [1.807, 2.05) is 30.8 Å². The van der Waals surface area contributed by atoms with Gasteiger partial charge in [-0.15, -0.1) is 0 Å². The quantitative estimate of drug-likeness (QED) is 0.866. The zero-order chi connectivity index (χ0) is 15.4. The first-order valence-electron chi connectivity index (χ1n) is 7.12. The summed E-state index contributed by atoms with van der Waals surface area (Å²) >= 11 is 3.65. The number of hydrogen-bond acceptors (Lipinski definition) is 3. The van der Waals surface area contributed by atoms with E-state index in [4.69, 9.17) is 4.74 Å². The lowest BCUT2D eigenvalue weighted by Gasteiger charge is -2.19. The highest BCUT2D eigenvalue weighted by Gasteiger charge is 2.18. The van der Waals surface area contributed by atoms with Gasteiger partial charge in [-0.1, -0.05) is 19.1 Å². The summed E-state index contributed by atoms with van der Waals surface area (Å²) < 4.78 is 8.37. The molecule has 0 fully saturated rings. The third-order valence-corrected chi connectivity index (χ3v) is 4.64. The number of hydrogen-bond donors (Lipinski definition) is 1. The smallest absolute Gasteiger partial charge is 0.119 e. The molecule has 0 radical (unpaired) electrons. The summed E-state index contributed by atoms with van der Waals surface area (Å²) in [7, 11) is 3.68. The van der Waals surface area contributed by atoms with Gasteiger partial charge in [0.15, 0.2) is 0 Å².